The van der Waals surface area contributed by atoms with Gasteiger partial charge in [0.2, 0.25) is 5.91 Å². The molecule has 7 heteroatoms. The third-order valence-electron chi connectivity index (χ3n) is 2.50. The number of halogens is 1. The summed E-state index contributed by atoms with van der Waals surface area (Å²) in [6, 6.07) is 2.48. The van der Waals surface area contributed by atoms with Crippen LogP contribution in [0.25, 0.3) is 0 Å². The molecule has 0 spiro atoms. The largest absolute Gasteiger partial charge is 0.507 e. The molecule has 0 bridgehead atoms. The molecule has 6 nitrogen and oxygen atoms in total. The predicted molar refractivity (Wildman–Crippen MR) is 68.2 cm³/mol. The summed E-state index contributed by atoms with van der Waals surface area (Å²) in [5.74, 6) is -0.816. The highest BCUT2D eigenvalue weighted by Crippen LogP contribution is 2.32. The molecule has 1 aromatic carbocycles. The van der Waals surface area contributed by atoms with Gasteiger partial charge >= 0.3 is 0 Å². The van der Waals surface area contributed by atoms with Crippen molar-refractivity contribution >= 4 is 23.8 Å². The zero-order chi connectivity index (χ0) is 14.6. The Balaban J connectivity index is 2.98. The van der Waals surface area contributed by atoms with E-state index >= 15 is 0 Å². The molecular weight excluding hydrogens is 274 g/mol. The molecule has 2 unspecified atom stereocenters. The van der Waals surface area contributed by atoms with Crippen LogP contribution in [-0.4, -0.2) is 40.2 Å². The number of aldehydes is 1. The number of aliphatic hydroxyl groups is 2. The van der Waals surface area contributed by atoms with Crippen molar-refractivity contribution in [1.82, 2.24) is 5.32 Å². The van der Waals surface area contributed by atoms with E-state index in [9.17, 15) is 24.9 Å². The second-order valence-corrected chi connectivity index (χ2v) is 4.44. The maximum Gasteiger partial charge on any atom is 0.216 e. The summed E-state index contributed by atoms with van der Waals surface area (Å²) in [7, 11) is 0. The second kappa shape index (κ2) is 6.51. The topological polar surface area (TPSA) is 107 Å². The average molecular weight is 288 g/mol. The number of hydrogen-bond acceptors (Lipinski definition) is 5. The van der Waals surface area contributed by atoms with Crippen LogP contribution in [0, 0.1) is 0 Å². The molecule has 19 heavy (non-hydrogen) atoms. The van der Waals surface area contributed by atoms with Crippen LogP contribution in [-0.2, 0) is 4.79 Å². The SMILES string of the molecule is CC(=O)NCC(O)C(O)c1cc(Cl)cc(C=O)c1O. The highest BCUT2D eigenvalue weighted by molar-refractivity contribution is 6.31. The Bertz CT molecular complexity index is 491. The normalized spacial score (nSPS) is 13.7. The molecule has 0 aliphatic rings. The summed E-state index contributed by atoms with van der Waals surface area (Å²) in [6.07, 6.45) is -2.44. The van der Waals surface area contributed by atoms with Crippen molar-refractivity contribution in [2.24, 2.45) is 0 Å². The van der Waals surface area contributed by atoms with Gasteiger partial charge in [-0.15, -0.1) is 0 Å². The van der Waals surface area contributed by atoms with Gasteiger partial charge in [-0.25, -0.2) is 0 Å². The lowest BCUT2D eigenvalue weighted by atomic mass is 10.0. The highest BCUT2D eigenvalue weighted by Gasteiger charge is 2.23. The fourth-order valence-electron chi connectivity index (χ4n) is 1.52. The molecule has 0 aromatic heterocycles. The number of aromatic hydroxyl groups is 1. The third kappa shape index (κ3) is 3.92. The molecule has 2 atom stereocenters. The van der Waals surface area contributed by atoms with E-state index in [1.807, 2.05) is 0 Å². The number of benzene rings is 1. The lowest BCUT2D eigenvalue weighted by Crippen LogP contribution is -2.34. The van der Waals surface area contributed by atoms with Gasteiger partial charge in [0.05, 0.1) is 5.56 Å². The number of carbonyl (C=O) groups is 2. The van der Waals surface area contributed by atoms with Gasteiger partial charge in [0.1, 0.15) is 18.0 Å². The molecule has 0 fully saturated rings. The van der Waals surface area contributed by atoms with E-state index in [0.717, 1.165) is 0 Å². The summed E-state index contributed by atoms with van der Waals surface area (Å²) < 4.78 is 0. The summed E-state index contributed by atoms with van der Waals surface area (Å²) in [6.45, 7) is 1.07. The van der Waals surface area contributed by atoms with Crippen LogP contribution < -0.4 is 5.32 Å². The van der Waals surface area contributed by atoms with Gasteiger partial charge in [-0.3, -0.25) is 9.59 Å². The fraction of sp³-hybridized carbons (Fsp3) is 0.333. The quantitative estimate of drug-likeness (QED) is 0.586. The minimum atomic E-state index is -1.48. The zero-order valence-electron chi connectivity index (χ0n) is 10.1. The van der Waals surface area contributed by atoms with Gasteiger partial charge in [0.15, 0.2) is 6.29 Å². The molecule has 0 radical (unpaired) electrons. The Kier molecular flexibility index (Phi) is 5.29. The van der Waals surface area contributed by atoms with E-state index in [1.54, 1.807) is 0 Å². The number of carbonyl (C=O) groups excluding carboxylic acids is 2. The van der Waals surface area contributed by atoms with E-state index in [-0.39, 0.29) is 28.6 Å². The van der Waals surface area contributed by atoms with Crippen molar-refractivity contribution in [2.45, 2.75) is 19.1 Å². The van der Waals surface area contributed by atoms with Crippen molar-refractivity contribution in [3.8, 4) is 5.75 Å². The maximum absolute atomic E-state index is 10.7. The third-order valence-corrected chi connectivity index (χ3v) is 2.72. The molecule has 1 amide bonds. The van der Waals surface area contributed by atoms with Crippen LogP contribution >= 0.6 is 11.6 Å². The number of phenolic OH excluding ortho intramolecular Hbond substituents is 1. The minimum absolute atomic E-state index is 0.0764. The molecule has 0 saturated carbocycles. The number of nitrogens with one attached hydrogen (secondary N) is 1. The Morgan fingerprint density at radius 1 is 1.47 bits per heavy atom. The molecule has 0 aliphatic carbocycles. The lowest BCUT2D eigenvalue weighted by Gasteiger charge is -2.20. The summed E-state index contributed by atoms with van der Waals surface area (Å²) in [5.41, 5.74) is -0.166. The monoisotopic (exact) mass is 287 g/mol. The van der Waals surface area contributed by atoms with Crippen LogP contribution in [0.15, 0.2) is 12.1 Å². The van der Waals surface area contributed by atoms with Crippen molar-refractivity contribution in [3.63, 3.8) is 0 Å². The highest BCUT2D eigenvalue weighted by atomic mass is 35.5. The van der Waals surface area contributed by atoms with Crippen LogP contribution in [0.5, 0.6) is 5.75 Å². The van der Waals surface area contributed by atoms with Gasteiger partial charge in [-0.05, 0) is 12.1 Å². The van der Waals surface area contributed by atoms with Crippen molar-refractivity contribution in [3.05, 3.63) is 28.3 Å². The second-order valence-electron chi connectivity index (χ2n) is 4.00. The van der Waals surface area contributed by atoms with Crippen LogP contribution in [0.3, 0.4) is 0 Å². The van der Waals surface area contributed by atoms with Gasteiger partial charge < -0.3 is 20.6 Å². The van der Waals surface area contributed by atoms with Gasteiger partial charge in [-0.2, -0.15) is 0 Å². The molecule has 4 N–H and O–H groups in total. The first kappa shape index (κ1) is 15.4. The van der Waals surface area contributed by atoms with Gasteiger partial charge in [0.25, 0.3) is 0 Å². The first-order valence-corrected chi connectivity index (χ1v) is 5.82. The standard InChI is InChI=1S/C12H14ClNO5/c1-6(16)14-4-10(17)12(19)9-3-8(13)2-7(5-15)11(9)18/h2-3,5,10,12,17-19H,4H2,1H3,(H,14,16). The summed E-state index contributed by atoms with van der Waals surface area (Å²) in [5, 5.41) is 31.8. The number of phenols is 1. The van der Waals surface area contributed by atoms with E-state index in [1.165, 1.54) is 19.1 Å². The smallest absolute Gasteiger partial charge is 0.216 e. The zero-order valence-corrected chi connectivity index (χ0v) is 10.9. The average Bonchev–Trinajstić information content (AvgIpc) is 2.37. The molecule has 104 valence electrons. The van der Waals surface area contributed by atoms with E-state index in [0.29, 0.717) is 6.29 Å². The fourth-order valence-corrected chi connectivity index (χ4v) is 1.76. The summed E-state index contributed by atoms with van der Waals surface area (Å²) in [4.78, 5) is 21.4. The molecule has 0 heterocycles. The first-order valence-electron chi connectivity index (χ1n) is 5.45. The Hall–Kier alpha value is -1.63. The van der Waals surface area contributed by atoms with Gasteiger partial charge in [0, 0.05) is 24.1 Å². The Morgan fingerprint density at radius 3 is 2.63 bits per heavy atom. The van der Waals surface area contributed by atoms with Crippen molar-refractivity contribution in [2.75, 3.05) is 6.54 Å². The van der Waals surface area contributed by atoms with Crippen LogP contribution in [0.4, 0.5) is 0 Å². The number of amides is 1. The minimum Gasteiger partial charge on any atom is -0.507 e. The first-order chi connectivity index (χ1) is 8.86. The number of aliphatic hydroxyl groups excluding tert-OH is 2. The Morgan fingerprint density at radius 2 is 2.11 bits per heavy atom. The summed E-state index contributed by atoms with van der Waals surface area (Å²) >= 11 is 5.74. The molecular formula is C12H14ClNO5. The molecule has 1 aromatic rings. The lowest BCUT2D eigenvalue weighted by molar-refractivity contribution is -0.119. The Labute approximate surface area is 114 Å². The van der Waals surface area contributed by atoms with Crippen molar-refractivity contribution < 1.29 is 24.9 Å². The maximum atomic E-state index is 10.7. The van der Waals surface area contributed by atoms with E-state index in [2.05, 4.69) is 5.32 Å². The number of rotatable bonds is 5. The van der Waals surface area contributed by atoms with E-state index < -0.39 is 18.0 Å². The molecule has 0 aliphatic heterocycles. The van der Waals surface area contributed by atoms with Crippen LogP contribution in [0.1, 0.15) is 28.9 Å². The van der Waals surface area contributed by atoms with Crippen LogP contribution in [0.2, 0.25) is 5.02 Å². The van der Waals surface area contributed by atoms with Crippen molar-refractivity contribution in [1.29, 1.82) is 0 Å². The van der Waals surface area contributed by atoms with Gasteiger partial charge in [-0.1, -0.05) is 11.6 Å². The number of hydrogen-bond donors (Lipinski definition) is 4. The molecule has 0 saturated heterocycles. The van der Waals surface area contributed by atoms with E-state index in [4.69, 9.17) is 11.6 Å². The predicted octanol–water partition coefficient (Wildman–Crippen LogP) is 0.388. The molecule has 1 rings (SSSR count).